The standard InChI is InChI=1S/C18H24N2O.ClH/c19-11-13-21-14-12-20(15-17-7-3-1-4-8-17)16-18-9-5-2-6-10-18;/h1-10H,11-16,19H2;1H. The Morgan fingerprint density at radius 3 is 1.73 bits per heavy atom. The quantitative estimate of drug-likeness (QED) is 0.722. The van der Waals surface area contributed by atoms with E-state index in [2.05, 4.69) is 65.6 Å². The molecule has 2 aromatic carbocycles. The second-order valence-electron chi connectivity index (χ2n) is 5.08. The number of rotatable bonds is 9. The van der Waals surface area contributed by atoms with E-state index in [1.165, 1.54) is 11.1 Å². The minimum atomic E-state index is 0. The first-order chi connectivity index (χ1) is 10.4. The Labute approximate surface area is 139 Å². The molecule has 120 valence electrons. The molecule has 22 heavy (non-hydrogen) atoms. The van der Waals surface area contributed by atoms with E-state index in [0.29, 0.717) is 13.2 Å². The maximum absolute atomic E-state index is 5.52. The van der Waals surface area contributed by atoms with E-state index in [0.717, 1.165) is 26.2 Å². The average Bonchev–Trinajstić information content (AvgIpc) is 2.53. The fraction of sp³-hybridized carbons (Fsp3) is 0.333. The zero-order chi connectivity index (χ0) is 14.8. The monoisotopic (exact) mass is 320 g/mol. The molecule has 4 heteroatoms. The molecule has 0 saturated heterocycles. The lowest BCUT2D eigenvalue weighted by molar-refractivity contribution is 0.104. The maximum Gasteiger partial charge on any atom is 0.0594 e. The Morgan fingerprint density at radius 2 is 1.27 bits per heavy atom. The minimum Gasteiger partial charge on any atom is -0.379 e. The third kappa shape index (κ3) is 7.05. The summed E-state index contributed by atoms with van der Waals surface area (Å²) in [5.74, 6) is 0. The number of nitrogens with zero attached hydrogens (tertiary/aromatic N) is 1. The molecule has 0 bridgehead atoms. The SMILES string of the molecule is Cl.NCCOCCN(Cc1ccccc1)Cc1ccccc1. The average molecular weight is 321 g/mol. The number of hydrogen-bond acceptors (Lipinski definition) is 3. The zero-order valence-electron chi connectivity index (χ0n) is 12.9. The lowest BCUT2D eigenvalue weighted by Crippen LogP contribution is -2.27. The molecule has 2 N–H and O–H groups in total. The van der Waals surface area contributed by atoms with E-state index in [-0.39, 0.29) is 12.4 Å². The lowest BCUT2D eigenvalue weighted by Gasteiger charge is -2.22. The van der Waals surface area contributed by atoms with Crippen LogP contribution in [-0.4, -0.2) is 31.2 Å². The molecule has 0 aliphatic rings. The molecular weight excluding hydrogens is 296 g/mol. The van der Waals surface area contributed by atoms with Gasteiger partial charge >= 0.3 is 0 Å². The molecule has 0 spiro atoms. The number of nitrogens with two attached hydrogens (primary N) is 1. The summed E-state index contributed by atoms with van der Waals surface area (Å²) in [6.07, 6.45) is 0. The van der Waals surface area contributed by atoms with Crippen molar-refractivity contribution in [2.24, 2.45) is 5.73 Å². The van der Waals surface area contributed by atoms with Gasteiger partial charge in [-0.3, -0.25) is 4.90 Å². The van der Waals surface area contributed by atoms with Crippen LogP contribution in [0.2, 0.25) is 0 Å². The van der Waals surface area contributed by atoms with Crippen LogP contribution in [0.15, 0.2) is 60.7 Å². The van der Waals surface area contributed by atoms with Crippen LogP contribution in [0.1, 0.15) is 11.1 Å². The first kappa shape index (κ1) is 18.7. The highest BCUT2D eigenvalue weighted by molar-refractivity contribution is 5.85. The summed E-state index contributed by atoms with van der Waals surface area (Å²) in [5, 5.41) is 0. The largest absolute Gasteiger partial charge is 0.379 e. The second kappa shape index (κ2) is 11.2. The van der Waals surface area contributed by atoms with Crippen molar-refractivity contribution in [1.82, 2.24) is 4.90 Å². The topological polar surface area (TPSA) is 38.5 Å². The Hall–Kier alpha value is -1.39. The highest BCUT2D eigenvalue weighted by Crippen LogP contribution is 2.09. The number of hydrogen-bond donors (Lipinski definition) is 1. The van der Waals surface area contributed by atoms with Crippen molar-refractivity contribution in [2.45, 2.75) is 13.1 Å². The van der Waals surface area contributed by atoms with Gasteiger partial charge < -0.3 is 10.5 Å². The highest BCUT2D eigenvalue weighted by Gasteiger charge is 2.07. The summed E-state index contributed by atoms with van der Waals surface area (Å²) in [7, 11) is 0. The van der Waals surface area contributed by atoms with Crippen molar-refractivity contribution in [2.75, 3.05) is 26.3 Å². The molecule has 0 saturated carbocycles. The molecule has 2 aromatic rings. The molecule has 0 amide bonds. The molecule has 0 fully saturated rings. The van der Waals surface area contributed by atoms with Gasteiger partial charge in [0.2, 0.25) is 0 Å². The van der Waals surface area contributed by atoms with Gasteiger partial charge in [-0.1, -0.05) is 60.7 Å². The van der Waals surface area contributed by atoms with Gasteiger partial charge in [-0.05, 0) is 11.1 Å². The van der Waals surface area contributed by atoms with E-state index >= 15 is 0 Å². The van der Waals surface area contributed by atoms with Crippen LogP contribution in [0, 0.1) is 0 Å². The molecule has 0 aliphatic carbocycles. The first-order valence-corrected chi connectivity index (χ1v) is 7.46. The van der Waals surface area contributed by atoms with Crippen molar-refractivity contribution in [3.05, 3.63) is 71.8 Å². The van der Waals surface area contributed by atoms with E-state index in [9.17, 15) is 0 Å². The van der Waals surface area contributed by atoms with Gasteiger partial charge in [-0.15, -0.1) is 12.4 Å². The molecule has 0 unspecified atom stereocenters. The first-order valence-electron chi connectivity index (χ1n) is 7.46. The van der Waals surface area contributed by atoms with Crippen molar-refractivity contribution >= 4 is 12.4 Å². The summed E-state index contributed by atoms with van der Waals surface area (Å²) in [6, 6.07) is 21.1. The Kier molecular flexibility index (Phi) is 9.51. The van der Waals surface area contributed by atoms with Gasteiger partial charge in [-0.25, -0.2) is 0 Å². The number of halogens is 1. The van der Waals surface area contributed by atoms with Crippen molar-refractivity contribution in [3.63, 3.8) is 0 Å². The summed E-state index contributed by atoms with van der Waals surface area (Å²) < 4.78 is 5.52. The van der Waals surface area contributed by atoms with Crippen molar-refractivity contribution in [3.8, 4) is 0 Å². The van der Waals surface area contributed by atoms with Gasteiger partial charge in [0.25, 0.3) is 0 Å². The van der Waals surface area contributed by atoms with Gasteiger partial charge in [0.15, 0.2) is 0 Å². The molecule has 2 rings (SSSR count). The van der Waals surface area contributed by atoms with Crippen molar-refractivity contribution in [1.29, 1.82) is 0 Å². The molecule has 3 nitrogen and oxygen atoms in total. The summed E-state index contributed by atoms with van der Waals surface area (Å²) in [6.45, 7) is 4.70. The summed E-state index contributed by atoms with van der Waals surface area (Å²) in [4.78, 5) is 2.40. The minimum absolute atomic E-state index is 0. The van der Waals surface area contributed by atoms with Gasteiger partial charge in [0.05, 0.1) is 13.2 Å². The third-order valence-corrected chi connectivity index (χ3v) is 3.31. The van der Waals surface area contributed by atoms with Gasteiger partial charge in [-0.2, -0.15) is 0 Å². The van der Waals surface area contributed by atoms with Crippen LogP contribution in [0.3, 0.4) is 0 Å². The fourth-order valence-corrected chi connectivity index (χ4v) is 2.28. The molecule has 0 radical (unpaired) electrons. The Bertz CT molecular complexity index is 451. The fourth-order valence-electron chi connectivity index (χ4n) is 2.28. The highest BCUT2D eigenvalue weighted by atomic mass is 35.5. The zero-order valence-corrected chi connectivity index (χ0v) is 13.7. The summed E-state index contributed by atoms with van der Waals surface area (Å²) in [5.41, 5.74) is 8.11. The Morgan fingerprint density at radius 1 is 0.773 bits per heavy atom. The number of ether oxygens (including phenoxy) is 1. The number of benzene rings is 2. The van der Waals surface area contributed by atoms with E-state index in [1.807, 2.05) is 0 Å². The predicted octanol–water partition coefficient (Wildman–Crippen LogP) is 3.09. The van der Waals surface area contributed by atoms with E-state index in [1.54, 1.807) is 0 Å². The van der Waals surface area contributed by atoms with E-state index in [4.69, 9.17) is 10.5 Å². The van der Waals surface area contributed by atoms with Crippen LogP contribution in [-0.2, 0) is 17.8 Å². The van der Waals surface area contributed by atoms with E-state index < -0.39 is 0 Å². The molecule has 0 atom stereocenters. The normalized spacial score (nSPS) is 10.5. The smallest absolute Gasteiger partial charge is 0.0594 e. The Balaban J connectivity index is 0.00000242. The molecule has 0 heterocycles. The van der Waals surface area contributed by atoms with Crippen molar-refractivity contribution < 1.29 is 4.74 Å². The van der Waals surface area contributed by atoms with Crippen LogP contribution in [0.5, 0.6) is 0 Å². The van der Waals surface area contributed by atoms with Crippen LogP contribution < -0.4 is 5.73 Å². The lowest BCUT2D eigenvalue weighted by atomic mass is 10.1. The summed E-state index contributed by atoms with van der Waals surface area (Å²) >= 11 is 0. The second-order valence-corrected chi connectivity index (χ2v) is 5.08. The van der Waals surface area contributed by atoms with Gasteiger partial charge in [0, 0.05) is 26.2 Å². The van der Waals surface area contributed by atoms with Crippen LogP contribution in [0.25, 0.3) is 0 Å². The van der Waals surface area contributed by atoms with Gasteiger partial charge in [0.1, 0.15) is 0 Å². The third-order valence-electron chi connectivity index (χ3n) is 3.31. The van der Waals surface area contributed by atoms with Crippen LogP contribution in [0.4, 0.5) is 0 Å². The molecule has 0 aromatic heterocycles. The predicted molar refractivity (Wildman–Crippen MR) is 94.1 cm³/mol. The molecule has 0 aliphatic heterocycles. The van der Waals surface area contributed by atoms with Crippen LogP contribution >= 0.6 is 12.4 Å². The maximum atomic E-state index is 5.52. The molecular formula is C18H25ClN2O.